The summed E-state index contributed by atoms with van der Waals surface area (Å²) in [4.78, 5) is 24.0. The van der Waals surface area contributed by atoms with Crippen molar-refractivity contribution in [2.24, 2.45) is 0 Å². The molecule has 154 valence electrons. The summed E-state index contributed by atoms with van der Waals surface area (Å²) >= 11 is 0. The Balaban J connectivity index is 2.30. The van der Waals surface area contributed by atoms with Gasteiger partial charge in [-0.25, -0.2) is 4.79 Å². The van der Waals surface area contributed by atoms with Gasteiger partial charge in [0.1, 0.15) is 11.6 Å². The molecule has 0 heterocycles. The monoisotopic (exact) mass is 406 g/mol. The van der Waals surface area contributed by atoms with E-state index in [1.807, 2.05) is 6.07 Å². The van der Waals surface area contributed by atoms with E-state index in [2.05, 4.69) is 16.6 Å². The van der Waals surface area contributed by atoms with Crippen LogP contribution in [0.3, 0.4) is 0 Å². The number of phenols is 1. The zero-order chi connectivity index (χ0) is 22.1. The van der Waals surface area contributed by atoms with E-state index in [4.69, 9.17) is 4.74 Å². The summed E-state index contributed by atoms with van der Waals surface area (Å²) in [5, 5.41) is 22.3. The van der Waals surface area contributed by atoms with E-state index in [0.29, 0.717) is 35.4 Å². The normalized spacial score (nSPS) is 10.6. The Morgan fingerprint density at radius 3 is 2.53 bits per heavy atom. The van der Waals surface area contributed by atoms with Crippen molar-refractivity contribution in [3.8, 4) is 17.6 Å². The Kier molecular flexibility index (Phi) is 7.77. The fourth-order valence-corrected chi connectivity index (χ4v) is 2.67. The van der Waals surface area contributed by atoms with Crippen LogP contribution in [0.2, 0.25) is 0 Å². The van der Waals surface area contributed by atoms with Crippen molar-refractivity contribution in [2.75, 3.05) is 19.0 Å². The van der Waals surface area contributed by atoms with Crippen LogP contribution < -0.4 is 10.1 Å². The van der Waals surface area contributed by atoms with Crippen LogP contribution in [-0.4, -0.2) is 30.7 Å². The summed E-state index contributed by atoms with van der Waals surface area (Å²) < 4.78 is 10.1. The highest BCUT2D eigenvalue weighted by molar-refractivity contribution is 6.09. The summed E-state index contributed by atoms with van der Waals surface area (Å²) in [6.45, 7) is 5.80. The van der Waals surface area contributed by atoms with Crippen molar-refractivity contribution in [2.45, 2.75) is 13.3 Å². The first-order chi connectivity index (χ1) is 14.4. The molecule has 0 fully saturated rings. The lowest BCUT2D eigenvalue weighted by atomic mass is 10.0. The van der Waals surface area contributed by atoms with Gasteiger partial charge in [0.05, 0.1) is 19.3 Å². The number of hydrogen-bond acceptors (Lipinski definition) is 6. The second-order valence-electron chi connectivity index (χ2n) is 6.15. The van der Waals surface area contributed by atoms with Crippen LogP contribution in [0.25, 0.3) is 6.08 Å². The average molecular weight is 406 g/mol. The van der Waals surface area contributed by atoms with Crippen LogP contribution in [-0.2, 0) is 16.0 Å². The molecular formula is C23H22N2O5. The van der Waals surface area contributed by atoms with Gasteiger partial charge in [0, 0.05) is 11.3 Å². The van der Waals surface area contributed by atoms with Gasteiger partial charge in [-0.15, -0.1) is 6.58 Å². The van der Waals surface area contributed by atoms with Crippen LogP contribution in [0.1, 0.15) is 28.4 Å². The number of hydrogen-bond donors (Lipinski definition) is 2. The number of nitriles is 1. The highest BCUT2D eigenvalue weighted by Crippen LogP contribution is 2.33. The number of methoxy groups -OCH3 is 1. The van der Waals surface area contributed by atoms with E-state index in [-0.39, 0.29) is 17.1 Å². The highest BCUT2D eigenvalue weighted by atomic mass is 16.5. The summed E-state index contributed by atoms with van der Waals surface area (Å²) in [5.74, 6) is -0.834. The van der Waals surface area contributed by atoms with Gasteiger partial charge in [-0.1, -0.05) is 6.08 Å². The number of esters is 1. The second-order valence-corrected chi connectivity index (χ2v) is 6.15. The van der Waals surface area contributed by atoms with E-state index in [1.54, 1.807) is 25.1 Å². The van der Waals surface area contributed by atoms with Gasteiger partial charge in [-0.2, -0.15) is 5.26 Å². The molecule has 0 unspecified atom stereocenters. The van der Waals surface area contributed by atoms with Crippen LogP contribution in [0.15, 0.2) is 54.6 Å². The molecule has 2 aromatic rings. The maximum Gasteiger partial charge on any atom is 0.337 e. The molecule has 0 radical (unpaired) electrons. The lowest BCUT2D eigenvalue weighted by molar-refractivity contribution is -0.112. The van der Waals surface area contributed by atoms with Gasteiger partial charge in [0.15, 0.2) is 11.5 Å². The molecule has 0 aliphatic carbocycles. The number of carbonyl (C=O) groups is 2. The molecule has 7 heteroatoms. The van der Waals surface area contributed by atoms with Gasteiger partial charge < -0.3 is 19.9 Å². The third-order valence-electron chi connectivity index (χ3n) is 4.08. The smallest absolute Gasteiger partial charge is 0.337 e. The van der Waals surface area contributed by atoms with Gasteiger partial charge >= 0.3 is 5.97 Å². The average Bonchev–Trinajstić information content (AvgIpc) is 2.75. The number of amides is 1. The Morgan fingerprint density at radius 2 is 1.97 bits per heavy atom. The summed E-state index contributed by atoms with van der Waals surface area (Å²) in [7, 11) is 1.28. The van der Waals surface area contributed by atoms with Crippen molar-refractivity contribution in [3.63, 3.8) is 0 Å². The quantitative estimate of drug-likeness (QED) is 0.298. The predicted octanol–water partition coefficient (Wildman–Crippen LogP) is 3.85. The lowest BCUT2D eigenvalue weighted by Gasteiger charge is -2.11. The maximum absolute atomic E-state index is 12.5. The van der Waals surface area contributed by atoms with Gasteiger partial charge in [-0.3, -0.25) is 4.79 Å². The number of allylic oxidation sites excluding steroid dienone is 1. The zero-order valence-corrected chi connectivity index (χ0v) is 16.8. The SMILES string of the molecule is C=CCc1cc(/C=C(\C#N)C(=O)Nc2ccc(C(=O)OC)cc2)cc(OCC)c1O. The first-order valence-corrected chi connectivity index (χ1v) is 9.14. The van der Waals surface area contributed by atoms with Crippen LogP contribution >= 0.6 is 0 Å². The van der Waals surface area contributed by atoms with E-state index in [9.17, 15) is 20.0 Å². The Morgan fingerprint density at radius 1 is 1.27 bits per heavy atom. The molecule has 0 aliphatic rings. The number of benzene rings is 2. The summed E-state index contributed by atoms with van der Waals surface area (Å²) in [6.07, 6.45) is 3.44. The number of phenolic OH excluding ortho intramolecular Hbond substituents is 1. The Bertz CT molecular complexity index is 1020. The maximum atomic E-state index is 12.5. The number of ether oxygens (including phenoxy) is 2. The number of carbonyl (C=O) groups excluding carboxylic acids is 2. The summed E-state index contributed by atoms with van der Waals surface area (Å²) in [6, 6.07) is 11.2. The minimum Gasteiger partial charge on any atom is -0.504 e. The van der Waals surface area contributed by atoms with Gasteiger partial charge in [-0.05, 0) is 61.4 Å². The molecule has 1 amide bonds. The lowest BCUT2D eigenvalue weighted by Crippen LogP contribution is -2.13. The zero-order valence-electron chi connectivity index (χ0n) is 16.8. The molecule has 0 saturated heterocycles. The molecule has 0 spiro atoms. The Hall–Kier alpha value is -4.05. The fraction of sp³-hybridized carbons (Fsp3) is 0.174. The first-order valence-electron chi connectivity index (χ1n) is 9.14. The standard InChI is InChI=1S/C23H22N2O5/c1-4-6-17-11-15(13-20(21(17)26)30-5-2)12-18(14-24)22(27)25-19-9-7-16(8-10-19)23(28)29-3/h4,7-13,26H,1,5-6H2,2-3H3,(H,25,27)/b18-12+. The van der Waals surface area contributed by atoms with Crippen molar-refractivity contribution < 1.29 is 24.2 Å². The topological polar surface area (TPSA) is 109 Å². The van der Waals surface area contributed by atoms with Crippen LogP contribution in [0, 0.1) is 11.3 Å². The molecule has 2 aromatic carbocycles. The number of rotatable bonds is 8. The number of anilines is 1. The Labute approximate surface area is 174 Å². The van der Waals surface area contributed by atoms with E-state index in [1.165, 1.54) is 37.5 Å². The highest BCUT2D eigenvalue weighted by Gasteiger charge is 2.14. The molecule has 0 saturated carbocycles. The molecule has 0 bridgehead atoms. The molecule has 0 aliphatic heterocycles. The van der Waals surface area contributed by atoms with Crippen LogP contribution in [0.5, 0.6) is 11.5 Å². The van der Waals surface area contributed by atoms with Gasteiger partial charge in [0.25, 0.3) is 5.91 Å². The van der Waals surface area contributed by atoms with Crippen molar-refractivity contribution >= 4 is 23.6 Å². The van der Waals surface area contributed by atoms with Crippen molar-refractivity contribution in [1.82, 2.24) is 0 Å². The molecule has 0 aromatic heterocycles. The minimum absolute atomic E-state index is 0.00237. The molecule has 2 rings (SSSR count). The molecule has 7 nitrogen and oxygen atoms in total. The number of nitrogens with one attached hydrogen (secondary N) is 1. The van der Waals surface area contributed by atoms with Crippen molar-refractivity contribution in [1.29, 1.82) is 5.26 Å². The predicted molar refractivity (Wildman–Crippen MR) is 113 cm³/mol. The van der Waals surface area contributed by atoms with Gasteiger partial charge in [0.2, 0.25) is 0 Å². The van der Waals surface area contributed by atoms with E-state index < -0.39 is 11.9 Å². The third kappa shape index (κ3) is 5.49. The van der Waals surface area contributed by atoms with E-state index >= 15 is 0 Å². The largest absolute Gasteiger partial charge is 0.504 e. The third-order valence-corrected chi connectivity index (χ3v) is 4.08. The fourth-order valence-electron chi connectivity index (χ4n) is 2.67. The second kappa shape index (κ2) is 10.5. The molecular weight excluding hydrogens is 384 g/mol. The molecule has 2 N–H and O–H groups in total. The summed E-state index contributed by atoms with van der Waals surface area (Å²) in [5.41, 5.74) is 1.72. The van der Waals surface area contributed by atoms with Crippen molar-refractivity contribution in [3.05, 3.63) is 71.3 Å². The van der Waals surface area contributed by atoms with E-state index in [0.717, 1.165) is 0 Å². The first kappa shape index (κ1) is 22.2. The number of aromatic hydroxyl groups is 1. The number of nitrogens with zero attached hydrogens (tertiary/aromatic N) is 1. The minimum atomic E-state index is -0.611. The molecule has 30 heavy (non-hydrogen) atoms. The molecule has 0 atom stereocenters. The van der Waals surface area contributed by atoms with Crippen LogP contribution in [0.4, 0.5) is 5.69 Å².